The SMILES string of the molecule is CC(C)CNC(=O)C(=O)N1CCC(C(N)=O)CC1. The van der Waals surface area contributed by atoms with Gasteiger partial charge in [-0.15, -0.1) is 0 Å². The van der Waals surface area contributed by atoms with Crippen LogP contribution in [-0.2, 0) is 14.4 Å². The van der Waals surface area contributed by atoms with Gasteiger partial charge < -0.3 is 16.0 Å². The highest BCUT2D eigenvalue weighted by atomic mass is 16.2. The fraction of sp³-hybridized carbons (Fsp3) is 0.750. The van der Waals surface area contributed by atoms with Gasteiger partial charge in [0, 0.05) is 25.6 Å². The molecule has 1 rings (SSSR count). The van der Waals surface area contributed by atoms with Gasteiger partial charge in [0.1, 0.15) is 0 Å². The van der Waals surface area contributed by atoms with E-state index in [4.69, 9.17) is 5.73 Å². The van der Waals surface area contributed by atoms with Gasteiger partial charge in [0.05, 0.1) is 0 Å². The molecule has 0 aromatic carbocycles. The second kappa shape index (κ2) is 6.37. The first-order chi connectivity index (χ1) is 8.41. The molecule has 6 nitrogen and oxygen atoms in total. The van der Waals surface area contributed by atoms with E-state index in [2.05, 4.69) is 5.32 Å². The first-order valence-electron chi connectivity index (χ1n) is 6.28. The number of nitrogens with two attached hydrogens (primary N) is 1. The zero-order valence-corrected chi connectivity index (χ0v) is 10.9. The van der Waals surface area contributed by atoms with Crippen molar-refractivity contribution in [2.75, 3.05) is 19.6 Å². The number of nitrogens with one attached hydrogen (secondary N) is 1. The molecule has 6 heteroatoms. The predicted octanol–water partition coefficient (Wildman–Crippen LogP) is -0.517. The number of primary amides is 1. The molecule has 1 aliphatic heterocycles. The molecule has 0 bridgehead atoms. The maximum Gasteiger partial charge on any atom is 0.311 e. The third-order valence-electron chi connectivity index (χ3n) is 3.05. The molecule has 1 aliphatic rings. The summed E-state index contributed by atoms with van der Waals surface area (Å²) < 4.78 is 0. The lowest BCUT2D eigenvalue weighted by atomic mass is 9.96. The van der Waals surface area contributed by atoms with Crippen LogP contribution in [0.4, 0.5) is 0 Å². The fourth-order valence-corrected chi connectivity index (χ4v) is 1.88. The number of rotatable bonds is 3. The van der Waals surface area contributed by atoms with E-state index in [0.717, 1.165) is 0 Å². The Hall–Kier alpha value is -1.59. The molecule has 1 heterocycles. The lowest BCUT2D eigenvalue weighted by Gasteiger charge is -2.30. The minimum Gasteiger partial charge on any atom is -0.369 e. The molecule has 0 aromatic heterocycles. The summed E-state index contributed by atoms with van der Waals surface area (Å²) in [5, 5.41) is 2.59. The average molecular weight is 255 g/mol. The van der Waals surface area contributed by atoms with Gasteiger partial charge >= 0.3 is 11.8 Å². The van der Waals surface area contributed by atoms with Crippen LogP contribution in [0.5, 0.6) is 0 Å². The van der Waals surface area contributed by atoms with Gasteiger partial charge in [0.15, 0.2) is 0 Å². The van der Waals surface area contributed by atoms with Crippen molar-refractivity contribution in [3.63, 3.8) is 0 Å². The van der Waals surface area contributed by atoms with Gasteiger partial charge in [-0.25, -0.2) is 0 Å². The Labute approximate surface area is 107 Å². The van der Waals surface area contributed by atoms with Gasteiger partial charge in [-0.1, -0.05) is 13.8 Å². The Morgan fingerprint density at radius 3 is 2.28 bits per heavy atom. The third-order valence-corrected chi connectivity index (χ3v) is 3.05. The summed E-state index contributed by atoms with van der Waals surface area (Å²) >= 11 is 0. The molecular weight excluding hydrogens is 234 g/mol. The summed E-state index contributed by atoms with van der Waals surface area (Å²) in [4.78, 5) is 35.8. The van der Waals surface area contributed by atoms with Crippen molar-refractivity contribution < 1.29 is 14.4 Å². The minimum atomic E-state index is -0.568. The van der Waals surface area contributed by atoms with Crippen LogP contribution in [0.25, 0.3) is 0 Å². The average Bonchev–Trinajstić information content (AvgIpc) is 2.35. The van der Waals surface area contributed by atoms with Gasteiger partial charge in [0.2, 0.25) is 5.91 Å². The highest BCUT2D eigenvalue weighted by Gasteiger charge is 2.28. The predicted molar refractivity (Wildman–Crippen MR) is 66.3 cm³/mol. The largest absolute Gasteiger partial charge is 0.369 e. The fourth-order valence-electron chi connectivity index (χ4n) is 1.88. The molecular formula is C12H21N3O3. The molecule has 102 valence electrons. The maximum atomic E-state index is 11.8. The zero-order chi connectivity index (χ0) is 13.7. The highest BCUT2D eigenvalue weighted by molar-refractivity contribution is 6.35. The van der Waals surface area contributed by atoms with Gasteiger partial charge in [-0.2, -0.15) is 0 Å². The van der Waals surface area contributed by atoms with Crippen molar-refractivity contribution >= 4 is 17.7 Å². The molecule has 3 N–H and O–H groups in total. The van der Waals surface area contributed by atoms with E-state index in [-0.39, 0.29) is 11.8 Å². The Kier molecular flexibility index (Phi) is 5.12. The molecule has 3 amide bonds. The second-order valence-corrected chi connectivity index (χ2v) is 5.07. The van der Waals surface area contributed by atoms with Crippen LogP contribution < -0.4 is 11.1 Å². The molecule has 0 radical (unpaired) electrons. The van der Waals surface area contributed by atoms with E-state index in [1.54, 1.807) is 0 Å². The molecule has 0 saturated carbocycles. The summed E-state index contributed by atoms with van der Waals surface area (Å²) in [6.07, 6.45) is 1.08. The summed E-state index contributed by atoms with van der Waals surface area (Å²) in [6, 6.07) is 0. The van der Waals surface area contributed by atoms with Crippen LogP contribution in [0.1, 0.15) is 26.7 Å². The standard InChI is InChI=1S/C12H21N3O3/c1-8(2)7-14-11(17)12(18)15-5-3-9(4-6-15)10(13)16/h8-9H,3-7H2,1-2H3,(H2,13,16)(H,14,17). The number of hydrogen-bond acceptors (Lipinski definition) is 3. The van der Waals surface area contributed by atoms with Crippen LogP contribution in [0, 0.1) is 11.8 Å². The van der Waals surface area contributed by atoms with Crippen LogP contribution in [0.3, 0.4) is 0 Å². The van der Waals surface area contributed by atoms with Crippen molar-refractivity contribution in [3.05, 3.63) is 0 Å². The monoisotopic (exact) mass is 255 g/mol. The van der Waals surface area contributed by atoms with E-state index >= 15 is 0 Å². The Morgan fingerprint density at radius 2 is 1.83 bits per heavy atom. The number of carbonyl (C=O) groups is 3. The van der Waals surface area contributed by atoms with Crippen LogP contribution in [0.15, 0.2) is 0 Å². The number of nitrogens with zero attached hydrogens (tertiary/aromatic N) is 1. The topological polar surface area (TPSA) is 92.5 Å². The number of piperidine rings is 1. The molecule has 0 aliphatic carbocycles. The van der Waals surface area contributed by atoms with Crippen molar-refractivity contribution in [1.82, 2.24) is 10.2 Å². The number of likely N-dealkylation sites (tertiary alicyclic amines) is 1. The summed E-state index contributed by atoms with van der Waals surface area (Å²) in [5.41, 5.74) is 5.21. The van der Waals surface area contributed by atoms with Crippen molar-refractivity contribution in [2.24, 2.45) is 17.6 Å². The quantitative estimate of drug-likeness (QED) is 0.665. The first-order valence-corrected chi connectivity index (χ1v) is 6.28. The Balaban J connectivity index is 2.40. The molecule has 0 spiro atoms. The van der Waals surface area contributed by atoms with Crippen molar-refractivity contribution in [3.8, 4) is 0 Å². The van der Waals surface area contributed by atoms with E-state index < -0.39 is 11.8 Å². The molecule has 1 fully saturated rings. The van der Waals surface area contributed by atoms with Crippen LogP contribution in [0.2, 0.25) is 0 Å². The number of carbonyl (C=O) groups excluding carboxylic acids is 3. The Bertz CT molecular complexity index is 333. The molecule has 0 aromatic rings. The van der Waals surface area contributed by atoms with Crippen LogP contribution in [-0.4, -0.2) is 42.3 Å². The smallest absolute Gasteiger partial charge is 0.311 e. The minimum absolute atomic E-state index is 0.173. The van der Waals surface area contributed by atoms with Crippen LogP contribution >= 0.6 is 0 Å². The zero-order valence-electron chi connectivity index (χ0n) is 10.9. The molecule has 1 saturated heterocycles. The number of amides is 3. The number of hydrogen-bond donors (Lipinski definition) is 2. The van der Waals surface area contributed by atoms with E-state index in [1.807, 2.05) is 13.8 Å². The summed E-state index contributed by atoms with van der Waals surface area (Å²) in [5.74, 6) is -1.28. The first kappa shape index (κ1) is 14.5. The van der Waals surface area contributed by atoms with Gasteiger partial charge in [-0.05, 0) is 18.8 Å². The highest BCUT2D eigenvalue weighted by Crippen LogP contribution is 2.16. The van der Waals surface area contributed by atoms with Gasteiger partial charge in [-0.3, -0.25) is 14.4 Å². The van der Waals surface area contributed by atoms with E-state index in [0.29, 0.717) is 38.4 Å². The lowest BCUT2D eigenvalue weighted by Crippen LogP contribution is -2.48. The van der Waals surface area contributed by atoms with Crippen molar-refractivity contribution in [1.29, 1.82) is 0 Å². The summed E-state index contributed by atoms with van der Waals surface area (Å²) in [6.45, 7) is 5.25. The second-order valence-electron chi connectivity index (χ2n) is 5.07. The van der Waals surface area contributed by atoms with E-state index in [9.17, 15) is 14.4 Å². The molecule has 18 heavy (non-hydrogen) atoms. The van der Waals surface area contributed by atoms with E-state index in [1.165, 1.54) is 4.90 Å². The summed E-state index contributed by atoms with van der Waals surface area (Å²) in [7, 11) is 0. The molecule has 0 atom stereocenters. The molecule has 0 unspecified atom stereocenters. The lowest BCUT2D eigenvalue weighted by molar-refractivity contribution is -0.147. The van der Waals surface area contributed by atoms with Crippen molar-refractivity contribution in [2.45, 2.75) is 26.7 Å². The third kappa shape index (κ3) is 4.01. The normalized spacial score (nSPS) is 16.7. The van der Waals surface area contributed by atoms with Gasteiger partial charge in [0.25, 0.3) is 0 Å². The Morgan fingerprint density at radius 1 is 1.28 bits per heavy atom. The maximum absolute atomic E-state index is 11.8.